The summed E-state index contributed by atoms with van der Waals surface area (Å²) in [5, 5.41) is 24.1. The summed E-state index contributed by atoms with van der Waals surface area (Å²) in [6.45, 7) is 1.72. The van der Waals surface area contributed by atoms with E-state index in [0.717, 1.165) is 0 Å². The quantitative estimate of drug-likeness (QED) is 0.481. The van der Waals surface area contributed by atoms with Crippen molar-refractivity contribution in [2.75, 3.05) is 7.11 Å². The van der Waals surface area contributed by atoms with E-state index in [1.807, 2.05) is 0 Å². The second-order valence-electron chi connectivity index (χ2n) is 6.33. The number of nitro benzene ring substituents is 1. The van der Waals surface area contributed by atoms with Crippen molar-refractivity contribution in [3.63, 3.8) is 0 Å². The van der Waals surface area contributed by atoms with E-state index in [2.05, 4.69) is 5.32 Å². The van der Waals surface area contributed by atoms with Gasteiger partial charge in [0.25, 0.3) is 0 Å². The van der Waals surface area contributed by atoms with Crippen LogP contribution >= 0.6 is 0 Å². The summed E-state index contributed by atoms with van der Waals surface area (Å²) >= 11 is 0. The lowest BCUT2D eigenvalue weighted by Gasteiger charge is -2.40. The van der Waals surface area contributed by atoms with Crippen LogP contribution in [0, 0.1) is 16.0 Å². The van der Waals surface area contributed by atoms with Gasteiger partial charge in [-0.05, 0) is 31.1 Å². The molecule has 0 saturated heterocycles. The maximum absolute atomic E-state index is 12.6. The summed E-state index contributed by atoms with van der Waals surface area (Å²) in [4.78, 5) is 35.5. The fourth-order valence-corrected chi connectivity index (χ4v) is 3.74. The van der Waals surface area contributed by atoms with Crippen molar-refractivity contribution < 1.29 is 24.4 Å². The molecule has 1 aliphatic carbocycles. The average molecular weight is 358 g/mol. The molecule has 2 N–H and O–H groups in total. The molecule has 3 atom stereocenters. The monoisotopic (exact) mass is 358 g/mol. The smallest absolute Gasteiger partial charge is 0.336 e. The van der Waals surface area contributed by atoms with E-state index in [-0.39, 0.29) is 17.4 Å². The van der Waals surface area contributed by atoms with Crippen molar-refractivity contribution in [3.8, 4) is 5.75 Å². The first-order valence-electron chi connectivity index (χ1n) is 8.08. The lowest BCUT2D eigenvalue weighted by Crippen LogP contribution is -2.49. The molecule has 8 nitrogen and oxygen atoms in total. The van der Waals surface area contributed by atoms with E-state index in [4.69, 9.17) is 4.74 Å². The highest BCUT2D eigenvalue weighted by Gasteiger charge is 2.45. The molecule has 1 aromatic carbocycles. The number of hydrogen-bond donors (Lipinski definition) is 2. The third-order valence-electron chi connectivity index (χ3n) is 4.87. The molecule has 1 aliphatic heterocycles. The van der Waals surface area contributed by atoms with Gasteiger partial charge in [0.05, 0.1) is 23.5 Å². The second-order valence-corrected chi connectivity index (χ2v) is 6.33. The summed E-state index contributed by atoms with van der Waals surface area (Å²) in [6, 6.07) is 3.69. The molecule has 26 heavy (non-hydrogen) atoms. The molecule has 0 spiro atoms. The number of nitrogens with zero attached hydrogens (tertiary/aromatic N) is 1. The SMILES string of the molecule is COC(=O)C1=C(C)N[C@@H]2CC=CC(=O)[C@@H]2[C@@H]1c1ccc(O)c([N+](=O)[O-])c1. The summed E-state index contributed by atoms with van der Waals surface area (Å²) in [7, 11) is 1.24. The van der Waals surface area contributed by atoms with Crippen LogP contribution in [0.25, 0.3) is 0 Å². The zero-order valence-corrected chi connectivity index (χ0v) is 14.3. The number of esters is 1. The Hall–Kier alpha value is -3.16. The number of aromatic hydroxyl groups is 1. The minimum Gasteiger partial charge on any atom is -0.502 e. The number of ether oxygens (including phenoxy) is 1. The van der Waals surface area contributed by atoms with Crippen LogP contribution in [-0.4, -0.2) is 34.9 Å². The molecular weight excluding hydrogens is 340 g/mol. The summed E-state index contributed by atoms with van der Waals surface area (Å²) in [5.41, 5.74) is 0.770. The highest BCUT2D eigenvalue weighted by atomic mass is 16.6. The van der Waals surface area contributed by atoms with Gasteiger partial charge in [0.2, 0.25) is 0 Å². The van der Waals surface area contributed by atoms with Gasteiger partial charge in [-0.3, -0.25) is 14.9 Å². The van der Waals surface area contributed by atoms with Crippen LogP contribution in [-0.2, 0) is 14.3 Å². The molecule has 0 amide bonds. The van der Waals surface area contributed by atoms with Crippen LogP contribution in [0.1, 0.15) is 24.8 Å². The normalized spacial score (nSPS) is 24.7. The van der Waals surface area contributed by atoms with Gasteiger partial charge in [-0.15, -0.1) is 0 Å². The number of methoxy groups -OCH3 is 1. The van der Waals surface area contributed by atoms with Gasteiger partial charge < -0.3 is 15.2 Å². The number of benzene rings is 1. The van der Waals surface area contributed by atoms with Crippen LogP contribution in [0.4, 0.5) is 5.69 Å². The van der Waals surface area contributed by atoms with Crippen LogP contribution in [0.15, 0.2) is 41.6 Å². The van der Waals surface area contributed by atoms with Crippen LogP contribution in [0.5, 0.6) is 5.75 Å². The zero-order chi connectivity index (χ0) is 19.0. The highest BCUT2D eigenvalue weighted by Crippen LogP contribution is 2.44. The number of rotatable bonds is 3. The number of carbonyl (C=O) groups is 2. The predicted octanol–water partition coefficient (Wildman–Crippen LogP) is 1.95. The van der Waals surface area contributed by atoms with E-state index in [1.165, 1.54) is 31.4 Å². The fourth-order valence-electron chi connectivity index (χ4n) is 3.74. The molecule has 0 radical (unpaired) electrons. The Morgan fingerprint density at radius 2 is 2.15 bits per heavy atom. The Balaban J connectivity index is 2.21. The molecule has 1 heterocycles. The first kappa shape index (κ1) is 17.7. The van der Waals surface area contributed by atoms with Crippen molar-refractivity contribution >= 4 is 17.4 Å². The van der Waals surface area contributed by atoms with E-state index in [9.17, 15) is 24.8 Å². The van der Waals surface area contributed by atoms with Crippen LogP contribution < -0.4 is 5.32 Å². The van der Waals surface area contributed by atoms with E-state index in [0.29, 0.717) is 17.7 Å². The Bertz CT molecular complexity index is 857. The number of phenols is 1. The molecule has 0 aromatic heterocycles. The Morgan fingerprint density at radius 1 is 1.42 bits per heavy atom. The Morgan fingerprint density at radius 3 is 2.81 bits per heavy atom. The molecule has 2 aliphatic rings. The van der Waals surface area contributed by atoms with Gasteiger partial charge in [0.15, 0.2) is 11.5 Å². The topological polar surface area (TPSA) is 119 Å². The van der Waals surface area contributed by atoms with Crippen molar-refractivity contribution in [1.82, 2.24) is 5.32 Å². The van der Waals surface area contributed by atoms with Crippen LogP contribution in [0.2, 0.25) is 0 Å². The number of phenolic OH excluding ortho intramolecular Hbond substituents is 1. The van der Waals surface area contributed by atoms with E-state index in [1.54, 1.807) is 13.0 Å². The number of carbonyl (C=O) groups excluding carboxylic acids is 2. The summed E-state index contributed by atoms with van der Waals surface area (Å²) < 4.78 is 4.88. The Labute approximate surface area is 149 Å². The van der Waals surface area contributed by atoms with Crippen molar-refractivity contribution in [2.24, 2.45) is 5.92 Å². The number of allylic oxidation sites excluding steroid dienone is 2. The van der Waals surface area contributed by atoms with Gasteiger partial charge in [-0.1, -0.05) is 12.1 Å². The first-order valence-corrected chi connectivity index (χ1v) is 8.08. The largest absolute Gasteiger partial charge is 0.502 e. The van der Waals surface area contributed by atoms with Crippen LogP contribution in [0.3, 0.4) is 0 Å². The molecule has 8 heteroatoms. The maximum Gasteiger partial charge on any atom is 0.336 e. The highest BCUT2D eigenvalue weighted by molar-refractivity contribution is 5.98. The molecule has 3 rings (SSSR count). The van der Waals surface area contributed by atoms with E-state index < -0.39 is 34.2 Å². The lowest BCUT2D eigenvalue weighted by atomic mass is 9.69. The zero-order valence-electron chi connectivity index (χ0n) is 14.3. The number of fused-ring (bicyclic) bond motifs is 1. The van der Waals surface area contributed by atoms with E-state index >= 15 is 0 Å². The van der Waals surface area contributed by atoms with Gasteiger partial charge in [0, 0.05) is 23.7 Å². The molecule has 0 bridgehead atoms. The van der Waals surface area contributed by atoms with Crippen molar-refractivity contribution in [3.05, 3.63) is 57.3 Å². The first-order chi connectivity index (χ1) is 12.3. The number of hydrogen-bond acceptors (Lipinski definition) is 7. The lowest BCUT2D eigenvalue weighted by molar-refractivity contribution is -0.385. The maximum atomic E-state index is 12.6. The molecule has 0 unspecified atom stereocenters. The summed E-state index contributed by atoms with van der Waals surface area (Å²) in [5.74, 6) is -2.54. The van der Waals surface area contributed by atoms with Gasteiger partial charge in [-0.2, -0.15) is 0 Å². The van der Waals surface area contributed by atoms with Crippen molar-refractivity contribution in [1.29, 1.82) is 0 Å². The third kappa shape index (κ3) is 2.83. The molecule has 0 fully saturated rings. The standard InChI is InChI=1S/C18H18N2O6/c1-9-15(18(23)26-2)16(17-11(19-9)4-3-5-14(17)22)10-6-7-13(21)12(8-10)20(24)25/h3,5-8,11,16-17,19,21H,4H2,1-2H3/t11-,16-,17-/m1/s1. The number of ketones is 1. The minimum atomic E-state index is -0.703. The van der Waals surface area contributed by atoms with Crippen molar-refractivity contribution in [2.45, 2.75) is 25.3 Å². The molecule has 136 valence electrons. The van der Waals surface area contributed by atoms with Gasteiger partial charge in [-0.25, -0.2) is 4.79 Å². The molecule has 0 saturated carbocycles. The predicted molar refractivity (Wildman–Crippen MR) is 91.4 cm³/mol. The minimum absolute atomic E-state index is 0.164. The van der Waals surface area contributed by atoms with Gasteiger partial charge >= 0.3 is 11.7 Å². The molecule has 1 aromatic rings. The second kappa shape index (κ2) is 6.62. The summed E-state index contributed by atoms with van der Waals surface area (Å²) in [6.07, 6.45) is 3.84. The Kier molecular flexibility index (Phi) is 4.50. The average Bonchev–Trinajstić information content (AvgIpc) is 2.60. The number of nitrogens with one attached hydrogen (secondary N) is 1. The van der Waals surface area contributed by atoms with Gasteiger partial charge in [0.1, 0.15) is 0 Å². The molecular formula is C18H18N2O6. The third-order valence-corrected chi connectivity index (χ3v) is 4.87. The fraction of sp³-hybridized carbons (Fsp3) is 0.333. The number of nitro groups is 1.